The predicted molar refractivity (Wildman–Crippen MR) is 88.4 cm³/mol. The van der Waals surface area contributed by atoms with Crippen molar-refractivity contribution in [3.8, 4) is 11.1 Å². The van der Waals surface area contributed by atoms with Gasteiger partial charge in [-0.25, -0.2) is 4.98 Å². The van der Waals surface area contributed by atoms with Crippen LogP contribution in [-0.2, 0) is 4.74 Å². The van der Waals surface area contributed by atoms with Crippen LogP contribution < -0.4 is 5.73 Å². The Hall–Kier alpha value is -2.33. The predicted octanol–water partition coefficient (Wildman–Crippen LogP) is 3.98. The highest BCUT2D eigenvalue weighted by atomic mass is 16.5. The maximum Gasteiger partial charge on any atom is 0.135 e. The molecular formula is C18H19N3O. The molecule has 4 heteroatoms. The number of hydrogen-bond donors (Lipinski definition) is 1. The molecule has 4 rings (SSSR count). The summed E-state index contributed by atoms with van der Waals surface area (Å²) in [6.45, 7) is 0.818. The molecule has 1 aliphatic rings. The molecular weight excluding hydrogens is 274 g/mol. The molecule has 0 aliphatic carbocycles. The van der Waals surface area contributed by atoms with Crippen LogP contribution in [0.3, 0.4) is 0 Å². The molecule has 1 atom stereocenters. The van der Waals surface area contributed by atoms with Crippen molar-refractivity contribution >= 4 is 16.7 Å². The van der Waals surface area contributed by atoms with Crippen molar-refractivity contribution < 1.29 is 4.74 Å². The monoisotopic (exact) mass is 293 g/mol. The van der Waals surface area contributed by atoms with E-state index in [1.54, 1.807) is 0 Å². The normalized spacial score (nSPS) is 18.6. The third-order valence-corrected chi connectivity index (χ3v) is 4.25. The van der Waals surface area contributed by atoms with Gasteiger partial charge in [0.2, 0.25) is 0 Å². The molecule has 1 aliphatic heterocycles. The number of rotatable bonds is 2. The van der Waals surface area contributed by atoms with E-state index in [1.807, 2.05) is 36.7 Å². The van der Waals surface area contributed by atoms with Gasteiger partial charge in [0.1, 0.15) is 6.23 Å². The lowest BCUT2D eigenvalue weighted by Gasteiger charge is -2.24. The second kappa shape index (κ2) is 5.46. The lowest BCUT2D eigenvalue weighted by atomic mass is 10.0. The Kier molecular flexibility index (Phi) is 3.31. The SMILES string of the molecule is Nc1cc(-c2ccccc2)c2ncn(C3CCCCO3)c2c1. The summed E-state index contributed by atoms with van der Waals surface area (Å²) in [4.78, 5) is 4.64. The van der Waals surface area contributed by atoms with E-state index in [1.165, 1.54) is 6.42 Å². The van der Waals surface area contributed by atoms with Gasteiger partial charge < -0.3 is 15.0 Å². The van der Waals surface area contributed by atoms with Gasteiger partial charge in [-0.2, -0.15) is 0 Å². The van der Waals surface area contributed by atoms with Gasteiger partial charge in [-0.15, -0.1) is 0 Å². The lowest BCUT2D eigenvalue weighted by molar-refractivity contribution is -0.0295. The van der Waals surface area contributed by atoms with Crippen LogP contribution in [0.4, 0.5) is 5.69 Å². The van der Waals surface area contributed by atoms with Gasteiger partial charge in [-0.1, -0.05) is 30.3 Å². The minimum absolute atomic E-state index is 0.0733. The number of nitrogen functional groups attached to an aromatic ring is 1. The van der Waals surface area contributed by atoms with Gasteiger partial charge >= 0.3 is 0 Å². The molecule has 4 nitrogen and oxygen atoms in total. The Morgan fingerprint density at radius 2 is 2.00 bits per heavy atom. The van der Waals surface area contributed by atoms with Gasteiger partial charge in [-0.3, -0.25) is 0 Å². The van der Waals surface area contributed by atoms with Crippen LogP contribution in [0.15, 0.2) is 48.8 Å². The summed E-state index contributed by atoms with van der Waals surface area (Å²) in [7, 11) is 0. The van der Waals surface area contributed by atoms with E-state index in [4.69, 9.17) is 10.5 Å². The molecule has 1 unspecified atom stereocenters. The first-order valence-electron chi connectivity index (χ1n) is 7.76. The number of ether oxygens (including phenoxy) is 1. The van der Waals surface area contributed by atoms with E-state index >= 15 is 0 Å². The van der Waals surface area contributed by atoms with E-state index in [-0.39, 0.29) is 6.23 Å². The fraction of sp³-hybridized carbons (Fsp3) is 0.278. The molecule has 2 N–H and O–H groups in total. The molecule has 2 aromatic carbocycles. The van der Waals surface area contributed by atoms with Crippen LogP contribution in [0.2, 0.25) is 0 Å². The summed E-state index contributed by atoms with van der Waals surface area (Å²) >= 11 is 0. The number of anilines is 1. The van der Waals surface area contributed by atoms with Crippen LogP contribution in [0.1, 0.15) is 25.5 Å². The maximum absolute atomic E-state index is 6.14. The Labute approximate surface area is 129 Å². The van der Waals surface area contributed by atoms with Crippen molar-refractivity contribution in [3.63, 3.8) is 0 Å². The molecule has 0 spiro atoms. The van der Waals surface area contributed by atoms with Crippen LogP contribution >= 0.6 is 0 Å². The lowest BCUT2D eigenvalue weighted by Crippen LogP contribution is -2.17. The summed E-state index contributed by atoms with van der Waals surface area (Å²) in [6.07, 6.45) is 5.32. The summed E-state index contributed by atoms with van der Waals surface area (Å²) in [5.41, 5.74) is 11.1. The van der Waals surface area contributed by atoms with Crippen molar-refractivity contribution in [2.75, 3.05) is 12.3 Å². The Morgan fingerprint density at radius 3 is 2.77 bits per heavy atom. The molecule has 1 aromatic heterocycles. The second-order valence-corrected chi connectivity index (χ2v) is 5.78. The van der Waals surface area contributed by atoms with Gasteiger partial charge in [0, 0.05) is 17.9 Å². The Bertz CT molecular complexity index is 789. The Balaban J connectivity index is 1.87. The number of nitrogens with zero attached hydrogens (tertiary/aromatic N) is 2. The minimum atomic E-state index is 0.0733. The van der Waals surface area contributed by atoms with Gasteiger partial charge in [0.25, 0.3) is 0 Å². The summed E-state index contributed by atoms with van der Waals surface area (Å²) in [5.74, 6) is 0. The van der Waals surface area contributed by atoms with Crippen LogP contribution in [0.5, 0.6) is 0 Å². The zero-order chi connectivity index (χ0) is 14.9. The van der Waals surface area contributed by atoms with Gasteiger partial charge in [-0.05, 0) is 37.0 Å². The van der Waals surface area contributed by atoms with Gasteiger partial charge in [0.15, 0.2) is 0 Å². The minimum Gasteiger partial charge on any atom is -0.399 e. The maximum atomic E-state index is 6.14. The van der Waals surface area contributed by atoms with E-state index in [9.17, 15) is 0 Å². The first-order chi connectivity index (χ1) is 10.8. The fourth-order valence-electron chi connectivity index (χ4n) is 3.17. The first kappa shape index (κ1) is 13.3. The molecule has 3 aromatic rings. The van der Waals surface area contributed by atoms with Crippen molar-refractivity contribution in [1.29, 1.82) is 0 Å². The molecule has 112 valence electrons. The molecule has 1 saturated heterocycles. The quantitative estimate of drug-likeness (QED) is 0.727. The van der Waals surface area contributed by atoms with Crippen LogP contribution in [-0.4, -0.2) is 16.2 Å². The second-order valence-electron chi connectivity index (χ2n) is 5.78. The van der Waals surface area contributed by atoms with Crippen LogP contribution in [0.25, 0.3) is 22.2 Å². The highest BCUT2D eigenvalue weighted by molar-refractivity contribution is 5.94. The van der Waals surface area contributed by atoms with E-state index in [2.05, 4.69) is 21.7 Å². The molecule has 0 amide bonds. The zero-order valence-electron chi connectivity index (χ0n) is 12.4. The largest absolute Gasteiger partial charge is 0.399 e. The molecule has 0 saturated carbocycles. The summed E-state index contributed by atoms with van der Waals surface area (Å²) < 4.78 is 8.02. The van der Waals surface area contributed by atoms with Crippen LogP contribution in [0, 0.1) is 0 Å². The smallest absolute Gasteiger partial charge is 0.135 e. The number of fused-ring (bicyclic) bond motifs is 1. The highest BCUT2D eigenvalue weighted by Crippen LogP contribution is 2.33. The van der Waals surface area contributed by atoms with E-state index in [0.29, 0.717) is 0 Å². The zero-order valence-corrected chi connectivity index (χ0v) is 12.4. The fourth-order valence-corrected chi connectivity index (χ4v) is 3.17. The third-order valence-electron chi connectivity index (χ3n) is 4.25. The molecule has 2 heterocycles. The van der Waals surface area contributed by atoms with E-state index < -0.39 is 0 Å². The Morgan fingerprint density at radius 1 is 1.14 bits per heavy atom. The highest BCUT2D eigenvalue weighted by Gasteiger charge is 2.19. The summed E-state index contributed by atoms with van der Waals surface area (Å²) in [5, 5.41) is 0. The van der Waals surface area contributed by atoms with Crippen molar-refractivity contribution in [3.05, 3.63) is 48.8 Å². The standard InChI is InChI=1S/C18H19N3O/c19-14-10-15(13-6-2-1-3-7-13)18-16(11-14)21(12-20-18)17-8-4-5-9-22-17/h1-3,6-7,10-12,17H,4-5,8-9,19H2. The molecule has 0 bridgehead atoms. The number of imidazole rings is 1. The van der Waals surface area contributed by atoms with E-state index in [0.717, 1.165) is 47.3 Å². The topological polar surface area (TPSA) is 53.1 Å². The molecule has 22 heavy (non-hydrogen) atoms. The average Bonchev–Trinajstić information content (AvgIpc) is 2.99. The summed E-state index contributed by atoms with van der Waals surface area (Å²) in [6, 6.07) is 14.2. The molecule has 1 fully saturated rings. The third kappa shape index (κ3) is 2.25. The number of hydrogen-bond acceptors (Lipinski definition) is 3. The average molecular weight is 293 g/mol. The number of nitrogens with two attached hydrogens (primary N) is 1. The van der Waals surface area contributed by atoms with Crippen molar-refractivity contribution in [2.24, 2.45) is 0 Å². The molecule has 0 radical (unpaired) electrons. The van der Waals surface area contributed by atoms with Crippen molar-refractivity contribution in [2.45, 2.75) is 25.5 Å². The first-order valence-corrected chi connectivity index (χ1v) is 7.76. The van der Waals surface area contributed by atoms with Gasteiger partial charge in [0.05, 0.1) is 17.4 Å². The number of aromatic nitrogens is 2. The van der Waals surface area contributed by atoms with Crippen molar-refractivity contribution in [1.82, 2.24) is 9.55 Å². The number of benzene rings is 2.